The van der Waals surface area contributed by atoms with Gasteiger partial charge in [0.1, 0.15) is 0 Å². The molecule has 2 aromatic rings. The normalized spacial score (nSPS) is 14.0. The fourth-order valence-electron chi connectivity index (χ4n) is 2.15. The summed E-state index contributed by atoms with van der Waals surface area (Å²) < 4.78 is 1.83. The summed E-state index contributed by atoms with van der Waals surface area (Å²) in [4.78, 5) is 4.13. The van der Waals surface area contributed by atoms with Gasteiger partial charge in [-0.1, -0.05) is 27.2 Å². The highest BCUT2D eigenvalue weighted by atomic mass is 15.2. The molecule has 0 aliphatic carbocycles. The van der Waals surface area contributed by atoms with Crippen LogP contribution in [0.15, 0.2) is 24.8 Å². The molecule has 4 nitrogen and oxygen atoms in total. The molecule has 1 unspecified atom stereocenters. The van der Waals surface area contributed by atoms with Crippen LogP contribution in [0.5, 0.6) is 0 Å². The quantitative estimate of drug-likeness (QED) is 0.902. The second-order valence-corrected chi connectivity index (χ2v) is 6.07. The zero-order valence-electron chi connectivity index (χ0n) is 11.4. The average molecular weight is 246 g/mol. The van der Waals surface area contributed by atoms with E-state index in [4.69, 9.17) is 5.73 Å². The van der Waals surface area contributed by atoms with Gasteiger partial charge in [0.05, 0.1) is 17.9 Å². The average Bonchev–Trinajstić information content (AvgIpc) is 2.70. The zero-order valence-corrected chi connectivity index (χ0v) is 11.4. The van der Waals surface area contributed by atoms with Crippen LogP contribution in [-0.2, 0) is 0 Å². The second kappa shape index (κ2) is 5.06. The van der Waals surface area contributed by atoms with Crippen LogP contribution < -0.4 is 5.73 Å². The summed E-state index contributed by atoms with van der Waals surface area (Å²) in [5.41, 5.74) is 8.74. The van der Waals surface area contributed by atoms with E-state index in [0.717, 1.165) is 23.9 Å². The number of fused-ring (bicyclic) bond motifs is 1. The Morgan fingerprint density at radius 3 is 2.83 bits per heavy atom. The van der Waals surface area contributed by atoms with E-state index in [1.54, 1.807) is 6.20 Å². The molecule has 0 aromatic carbocycles. The fourth-order valence-corrected chi connectivity index (χ4v) is 2.15. The Labute approximate surface area is 108 Å². The summed E-state index contributed by atoms with van der Waals surface area (Å²) >= 11 is 0. The lowest BCUT2D eigenvalue weighted by Crippen LogP contribution is -2.12. The molecular weight excluding hydrogens is 224 g/mol. The van der Waals surface area contributed by atoms with Gasteiger partial charge in [0, 0.05) is 24.0 Å². The zero-order chi connectivity index (χ0) is 13.2. The minimum Gasteiger partial charge on any atom is -0.324 e. The Bertz CT molecular complexity index is 510. The summed E-state index contributed by atoms with van der Waals surface area (Å²) in [7, 11) is 0. The van der Waals surface area contributed by atoms with Gasteiger partial charge in [0.25, 0.3) is 0 Å². The maximum Gasteiger partial charge on any atom is 0.0892 e. The van der Waals surface area contributed by atoms with Crippen LogP contribution in [0.3, 0.4) is 0 Å². The number of nitrogens with zero attached hydrogens (tertiary/aromatic N) is 3. The van der Waals surface area contributed by atoms with Crippen molar-refractivity contribution in [3.8, 4) is 0 Å². The lowest BCUT2D eigenvalue weighted by atomic mass is 9.88. The first-order chi connectivity index (χ1) is 8.47. The molecule has 0 aliphatic heterocycles. The standard InChI is InChI=1S/C14H22N4/c1-14(2,3)6-4-5-12(15)11-9-17-18-8-7-16-10-13(11)18/h7-10,12H,4-6,15H2,1-3H3. The Kier molecular flexibility index (Phi) is 3.66. The van der Waals surface area contributed by atoms with Gasteiger partial charge in [-0.05, 0) is 18.3 Å². The van der Waals surface area contributed by atoms with Crippen LogP contribution in [0.2, 0.25) is 0 Å². The molecule has 2 heterocycles. The highest BCUT2D eigenvalue weighted by molar-refractivity contribution is 5.52. The lowest BCUT2D eigenvalue weighted by Gasteiger charge is -2.19. The van der Waals surface area contributed by atoms with E-state index < -0.39 is 0 Å². The van der Waals surface area contributed by atoms with Crippen molar-refractivity contribution < 1.29 is 0 Å². The molecule has 0 fully saturated rings. The van der Waals surface area contributed by atoms with Crippen molar-refractivity contribution in [2.24, 2.45) is 11.1 Å². The van der Waals surface area contributed by atoms with Gasteiger partial charge in [-0.15, -0.1) is 0 Å². The molecule has 2 rings (SSSR count). The first-order valence-corrected chi connectivity index (χ1v) is 6.50. The van der Waals surface area contributed by atoms with Crippen molar-refractivity contribution in [1.82, 2.24) is 14.6 Å². The molecule has 0 bridgehead atoms. The van der Waals surface area contributed by atoms with Crippen molar-refractivity contribution in [1.29, 1.82) is 0 Å². The first-order valence-electron chi connectivity index (χ1n) is 6.50. The molecule has 0 amide bonds. The van der Waals surface area contributed by atoms with Crippen molar-refractivity contribution in [2.45, 2.75) is 46.1 Å². The van der Waals surface area contributed by atoms with Crippen LogP contribution >= 0.6 is 0 Å². The number of rotatable bonds is 4. The Balaban J connectivity index is 2.03. The lowest BCUT2D eigenvalue weighted by molar-refractivity contribution is 0.353. The first kappa shape index (κ1) is 13.0. The van der Waals surface area contributed by atoms with Gasteiger partial charge in [-0.25, -0.2) is 4.52 Å². The van der Waals surface area contributed by atoms with Crippen molar-refractivity contribution in [2.75, 3.05) is 0 Å². The van der Waals surface area contributed by atoms with Crippen molar-refractivity contribution in [3.63, 3.8) is 0 Å². The van der Waals surface area contributed by atoms with E-state index in [1.807, 2.05) is 23.1 Å². The highest BCUT2D eigenvalue weighted by Gasteiger charge is 2.15. The Morgan fingerprint density at radius 2 is 2.11 bits per heavy atom. The van der Waals surface area contributed by atoms with Gasteiger partial charge in [0.15, 0.2) is 0 Å². The molecule has 1 atom stereocenters. The molecule has 0 aliphatic rings. The number of aromatic nitrogens is 3. The largest absolute Gasteiger partial charge is 0.324 e. The molecule has 2 N–H and O–H groups in total. The summed E-state index contributed by atoms with van der Waals surface area (Å²) in [6.07, 6.45) is 10.6. The summed E-state index contributed by atoms with van der Waals surface area (Å²) in [6, 6.07) is 0.0500. The van der Waals surface area contributed by atoms with E-state index in [-0.39, 0.29) is 6.04 Å². The van der Waals surface area contributed by atoms with Gasteiger partial charge in [-0.2, -0.15) is 5.10 Å². The molecule has 18 heavy (non-hydrogen) atoms. The van der Waals surface area contributed by atoms with Crippen LogP contribution in [0.4, 0.5) is 0 Å². The van der Waals surface area contributed by atoms with Crippen LogP contribution in [0.1, 0.15) is 51.6 Å². The molecule has 4 heteroatoms. The van der Waals surface area contributed by atoms with E-state index >= 15 is 0 Å². The third-order valence-electron chi connectivity index (χ3n) is 3.20. The topological polar surface area (TPSA) is 56.2 Å². The molecule has 98 valence electrons. The highest BCUT2D eigenvalue weighted by Crippen LogP contribution is 2.26. The maximum atomic E-state index is 6.25. The summed E-state index contributed by atoms with van der Waals surface area (Å²) in [6.45, 7) is 6.79. The van der Waals surface area contributed by atoms with E-state index in [0.29, 0.717) is 5.41 Å². The van der Waals surface area contributed by atoms with Gasteiger partial charge < -0.3 is 5.73 Å². The van der Waals surface area contributed by atoms with Crippen LogP contribution in [0.25, 0.3) is 5.52 Å². The Morgan fingerprint density at radius 1 is 1.33 bits per heavy atom. The number of nitrogens with two attached hydrogens (primary N) is 1. The van der Waals surface area contributed by atoms with E-state index in [9.17, 15) is 0 Å². The van der Waals surface area contributed by atoms with Crippen LogP contribution in [-0.4, -0.2) is 14.6 Å². The molecule has 0 radical (unpaired) electrons. The minimum atomic E-state index is 0.0500. The van der Waals surface area contributed by atoms with Crippen molar-refractivity contribution >= 4 is 5.52 Å². The van der Waals surface area contributed by atoms with Gasteiger partial charge in [-0.3, -0.25) is 4.98 Å². The monoisotopic (exact) mass is 246 g/mol. The van der Waals surface area contributed by atoms with Gasteiger partial charge in [0.2, 0.25) is 0 Å². The predicted octanol–water partition coefficient (Wildman–Crippen LogP) is 2.95. The smallest absolute Gasteiger partial charge is 0.0892 e. The minimum absolute atomic E-state index is 0.0500. The van der Waals surface area contributed by atoms with E-state index in [1.165, 1.54) is 6.42 Å². The third-order valence-corrected chi connectivity index (χ3v) is 3.20. The third kappa shape index (κ3) is 3.07. The van der Waals surface area contributed by atoms with E-state index in [2.05, 4.69) is 30.9 Å². The van der Waals surface area contributed by atoms with Crippen molar-refractivity contribution in [3.05, 3.63) is 30.4 Å². The molecule has 2 aromatic heterocycles. The summed E-state index contributed by atoms with van der Waals surface area (Å²) in [5.74, 6) is 0. The second-order valence-electron chi connectivity index (χ2n) is 6.07. The van der Waals surface area contributed by atoms with Gasteiger partial charge >= 0.3 is 0 Å². The number of hydrogen-bond acceptors (Lipinski definition) is 3. The molecule has 0 spiro atoms. The number of hydrogen-bond donors (Lipinski definition) is 1. The maximum absolute atomic E-state index is 6.25. The predicted molar refractivity (Wildman–Crippen MR) is 73.2 cm³/mol. The summed E-state index contributed by atoms with van der Waals surface area (Å²) in [5, 5.41) is 4.29. The molecular formula is C14H22N4. The molecule has 0 saturated carbocycles. The SMILES string of the molecule is CC(C)(C)CCCC(N)c1cnn2ccncc12. The van der Waals surface area contributed by atoms with Crippen LogP contribution in [0, 0.1) is 5.41 Å². The Hall–Kier alpha value is -1.42. The fraction of sp³-hybridized carbons (Fsp3) is 0.571. The molecule has 0 saturated heterocycles.